The number of aliphatic hydroxyl groups is 1. The van der Waals surface area contributed by atoms with Crippen molar-refractivity contribution in [3.05, 3.63) is 32.7 Å². The Bertz CT molecular complexity index is 281. The third kappa shape index (κ3) is 3.06. The summed E-state index contributed by atoms with van der Waals surface area (Å²) >= 11 is 6.73. The second-order valence-corrected chi connectivity index (χ2v) is 4.80. The Balaban J connectivity index is 3.01. The first-order valence-electron chi connectivity index (χ1n) is 3.90. The summed E-state index contributed by atoms with van der Waals surface area (Å²) in [6.07, 6.45) is -0.541. The molecule has 4 heteroatoms. The highest BCUT2D eigenvalue weighted by molar-refractivity contribution is 9.11. The summed E-state index contributed by atoms with van der Waals surface area (Å²) in [5.74, 6) is 0. The van der Waals surface area contributed by atoms with E-state index >= 15 is 0 Å². The molecule has 0 unspecified atom stereocenters. The first-order valence-corrected chi connectivity index (χ1v) is 5.49. The number of halogens is 2. The average molecular weight is 309 g/mol. The fourth-order valence-corrected chi connectivity index (χ4v) is 2.38. The van der Waals surface area contributed by atoms with Gasteiger partial charge < -0.3 is 10.8 Å². The van der Waals surface area contributed by atoms with Gasteiger partial charge in [0, 0.05) is 8.95 Å². The SMILES string of the molecule is C[C@H](O)[C@H](N)c1cc(Br)cc(Br)c1. The summed E-state index contributed by atoms with van der Waals surface area (Å²) in [5.41, 5.74) is 6.70. The number of aliphatic hydroxyl groups excluding tert-OH is 1. The van der Waals surface area contributed by atoms with E-state index in [1.807, 2.05) is 18.2 Å². The van der Waals surface area contributed by atoms with Gasteiger partial charge in [-0.3, -0.25) is 0 Å². The summed E-state index contributed by atoms with van der Waals surface area (Å²) in [6, 6.07) is 5.40. The molecule has 72 valence electrons. The van der Waals surface area contributed by atoms with Gasteiger partial charge in [-0.2, -0.15) is 0 Å². The van der Waals surface area contributed by atoms with Gasteiger partial charge in [-0.05, 0) is 30.7 Å². The molecule has 0 bridgehead atoms. The van der Waals surface area contributed by atoms with Crippen LogP contribution in [0.2, 0.25) is 0 Å². The van der Waals surface area contributed by atoms with Gasteiger partial charge in [0.05, 0.1) is 12.1 Å². The van der Waals surface area contributed by atoms with E-state index < -0.39 is 6.10 Å². The van der Waals surface area contributed by atoms with Crippen molar-refractivity contribution in [1.29, 1.82) is 0 Å². The van der Waals surface area contributed by atoms with E-state index in [1.165, 1.54) is 0 Å². The Kier molecular flexibility index (Phi) is 3.91. The monoisotopic (exact) mass is 307 g/mol. The van der Waals surface area contributed by atoms with Crippen LogP contribution in [-0.4, -0.2) is 11.2 Å². The fraction of sp³-hybridized carbons (Fsp3) is 0.333. The zero-order valence-electron chi connectivity index (χ0n) is 7.17. The van der Waals surface area contributed by atoms with Crippen LogP contribution < -0.4 is 5.73 Å². The van der Waals surface area contributed by atoms with Crippen molar-refractivity contribution < 1.29 is 5.11 Å². The molecule has 0 aromatic heterocycles. The van der Waals surface area contributed by atoms with E-state index in [0.29, 0.717) is 0 Å². The van der Waals surface area contributed by atoms with Gasteiger partial charge >= 0.3 is 0 Å². The van der Waals surface area contributed by atoms with Gasteiger partial charge in [-0.15, -0.1) is 0 Å². The molecule has 1 aromatic carbocycles. The molecule has 0 heterocycles. The van der Waals surface area contributed by atoms with E-state index in [4.69, 9.17) is 5.73 Å². The summed E-state index contributed by atoms with van der Waals surface area (Å²) in [5, 5.41) is 9.30. The minimum absolute atomic E-state index is 0.339. The van der Waals surface area contributed by atoms with Crippen LogP contribution in [0.15, 0.2) is 27.1 Å². The zero-order chi connectivity index (χ0) is 10.0. The second kappa shape index (κ2) is 4.55. The van der Waals surface area contributed by atoms with Gasteiger partial charge in [0.15, 0.2) is 0 Å². The molecule has 0 saturated heterocycles. The van der Waals surface area contributed by atoms with Crippen molar-refractivity contribution >= 4 is 31.9 Å². The number of hydrogen-bond donors (Lipinski definition) is 2. The standard InChI is InChI=1S/C9H11Br2NO/c1-5(13)9(12)6-2-7(10)4-8(11)3-6/h2-5,9,13H,12H2,1H3/t5-,9-/m0/s1. The topological polar surface area (TPSA) is 46.2 Å². The fourth-order valence-electron chi connectivity index (χ4n) is 1.05. The summed E-state index contributed by atoms with van der Waals surface area (Å²) in [6.45, 7) is 1.68. The molecule has 0 saturated carbocycles. The highest BCUT2D eigenvalue weighted by atomic mass is 79.9. The lowest BCUT2D eigenvalue weighted by atomic mass is 10.0. The second-order valence-electron chi connectivity index (χ2n) is 2.97. The van der Waals surface area contributed by atoms with Crippen LogP contribution in [0.25, 0.3) is 0 Å². The Morgan fingerprint density at radius 1 is 1.23 bits per heavy atom. The van der Waals surface area contributed by atoms with Crippen molar-refractivity contribution in [2.24, 2.45) is 5.73 Å². The quantitative estimate of drug-likeness (QED) is 0.882. The van der Waals surface area contributed by atoms with Crippen molar-refractivity contribution in [2.45, 2.75) is 19.1 Å². The minimum Gasteiger partial charge on any atom is -0.391 e. The van der Waals surface area contributed by atoms with Gasteiger partial charge in [-0.25, -0.2) is 0 Å². The molecule has 1 aromatic rings. The molecule has 2 nitrogen and oxygen atoms in total. The highest BCUT2D eigenvalue weighted by Gasteiger charge is 2.12. The van der Waals surface area contributed by atoms with Crippen LogP contribution >= 0.6 is 31.9 Å². The van der Waals surface area contributed by atoms with E-state index in [0.717, 1.165) is 14.5 Å². The molecule has 13 heavy (non-hydrogen) atoms. The van der Waals surface area contributed by atoms with Crippen LogP contribution in [0.1, 0.15) is 18.5 Å². The predicted octanol–water partition coefficient (Wildman–Crippen LogP) is 2.59. The molecule has 0 aliphatic carbocycles. The Labute approximate surface area is 94.4 Å². The molecule has 0 spiro atoms. The smallest absolute Gasteiger partial charge is 0.0704 e. The Hall–Kier alpha value is 0.1000. The Morgan fingerprint density at radius 3 is 2.08 bits per heavy atom. The lowest BCUT2D eigenvalue weighted by molar-refractivity contribution is 0.164. The number of hydrogen-bond acceptors (Lipinski definition) is 2. The van der Waals surface area contributed by atoms with Crippen LogP contribution in [-0.2, 0) is 0 Å². The first-order chi connectivity index (χ1) is 6.00. The predicted molar refractivity (Wildman–Crippen MR) is 60.5 cm³/mol. The normalized spacial score (nSPS) is 15.5. The lowest BCUT2D eigenvalue weighted by Crippen LogP contribution is -2.23. The maximum Gasteiger partial charge on any atom is 0.0704 e. The van der Waals surface area contributed by atoms with Crippen LogP contribution in [0.3, 0.4) is 0 Å². The summed E-state index contributed by atoms with van der Waals surface area (Å²) in [7, 11) is 0. The van der Waals surface area contributed by atoms with E-state index in [-0.39, 0.29) is 6.04 Å². The molecule has 0 aliphatic heterocycles. The van der Waals surface area contributed by atoms with Crippen LogP contribution in [0, 0.1) is 0 Å². The average Bonchev–Trinajstić information content (AvgIpc) is 2.01. The maximum atomic E-state index is 9.30. The van der Waals surface area contributed by atoms with Crippen molar-refractivity contribution in [3.63, 3.8) is 0 Å². The molecule has 0 amide bonds. The molecule has 0 radical (unpaired) electrons. The van der Waals surface area contributed by atoms with Crippen LogP contribution in [0.5, 0.6) is 0 Å². The molecule has 0 aliphatic rings. The van der Waals surface area contributed by atoms with Gasteiger partial charge in [0.2, 0.25) is 0 Å². The maximum absolute atomic E-state index is 9.30. The van der Waals surface area contributed by atoms with E-state index in [1.54, 1.807) is 6.92 Å². The highest BCUT2D eigenvalue weighted by Crippen LogP contribution is 2.24. The minimum atomic E-state index is -0.541. The summed E-state index contributed by atoms with van der Waals surface area (Å²) in [4.78, 5) is 0. The molecule has 3 N–H and O–H groups in total. The van der Waals surface area contributed by atoms with Gasteiger partial charge in [-0.1, -0.05) is 31.9 Å². The van der Waals surface area contributed by atoms with Crippen LogP contribution in [0.4, 0.5) is 0 Å². The molecular formula is C9H11Br2NO. The van der Waals surface area contributed by atoms with Crippen molar-refractivity contribution in [3.8, 4) is 0 Å². The first kappa shape index (κ1) is 11.2. The van der Waals surface area contributed by atoms with Gasteiger partial charge in [0.1, 0.15) is 0 Å². The molecule has 0 fully saturated rings. The van der Waals surface area contributed by atoms with Crippen molar-refractivity contribution in [2.75, 3.05) is 0 Å². The van der Waals surface area contributed by atoms with E-state index in [9.17, 15) is 5.11 Å². The largest absolute Gasteiger partial charge is 0.391 e. The number of nitrogens with two attached hydrogens (primary N) is 1. The third-order valence-corrected chi connectivity index (χ3v) is 2.71. The third-order valence-electron chi connectivity index (χ3n) is 1.79. The molecular weight excluding hydrogens is 298 g/mol. The number of benzene rings is 1. The van der Waals surface area contributed by atoms with Crippen molar-refractivity contribution in [1.82, 2.24) is 0 Å². The Morgan fingerprint density at radius 2 is 1.69 bits per heavy atom. The number of rotatable bonds is 2. The van der Waals surface area contributed by atoms with E-state index in [2.05, 4.69) is 31.9 Å². The summed E-state index contributed by atoms with van der Waals surface area (Å²) < 4.78 is 1.90. The zero-order valence-corrected chi connectivity index (χ0v) is 10.3. The molecule has 2 atom stereocenters. The molecule has 1 rings (SSSR count). The lowest BCUT2D eigenvalue weighted by Gasteiger charge is -2.15. The van der Waals surface area contributed by atoms with Gasteiger partial charge in [0.25, 0.3) is 0 Å².